The van der Waals surface area contributed by atoms with Crippen LogP contribution >= 0.6 is 11.3 Å². The quantitative estimate of drug-likeness (QED) is 0.798. The minimum absolute atomic E-state index is 0.00462. The summed E-state index contributed by atoms with van der Waals surface area (Å²) >= 11 is 1.30. The van der Waals surface area contributed by atoms with Gasteiger partial charge in [0.25, 0.3) is 5.56 Å². The Balaban J connectivity index is 2.63. The zero-order chi connectivity index (χ0) is 13.3. The number of aryl methyl sites for hydroxylation is 2. The first-order chi connectivity index (χ1) is 8.56. The van der Waals surface area contributed by atoms with E-state index in [1.807, 2.05) is 6.92 Å². The van der Waals surface area contributed by atoms with Crippen molar-refractivity contribution in [1.82, 2.24) is 9.55 Å². The van der Waals surface area contributed by atoms with Gasteiger partial charge in [-0.1, -0.05) is 13.3 Å². The molecule has 96 valence electrons. The zero-order valence-corrected chi connectivity index (χ0v) is 11.6. The fourth-order valence-corrected chi connectivity index (χ4v) is 3.02. The molecule has 2 rings (SSSR count). The van der Waals surface area contributed by atoms with Crippen molar-refractivity contribution >= 4 is 27.3 Å². The molecule has 0 saturated heterocycles. The second-order valence-electron chi connectivity index (χ2n) is 4.39. The van der Waals surface area contributed by atoms with Crippen LogP contribution in [0.2, 0.25) is 0 Å². The Morgan fingerprint density at radius 1 is 1.50 bits per heavy atom. The van der Waals surface area contributed by atoms with Gasteiger partial charge in [0, 0.05) is 6.54 Å². The summed E-state index contributed by atoms with van der Waals surface area (Å²) in [7, 11) is 0. The van der Waals surface area contributed by atoms with Gasteiger partial charge in [-0.2, -0.15) is 0 Å². The van der Waals surface area contributed by atoms with E-state index in [0.717, 1.165) is 18.4 Å². The van der Waals surface area contributed by atoms with E-state index in [9.17, 15) is 9.59 Å². The lowest BCUT2D eigenvalue weighted by atomic mass is 10.2. The smallest absolute Gasteiger partial charge is 0.262 e. The van der Waals surface area contributed by atoms with Crippen molar-refractivity contribution in [3.05, 3.63) is 27.1 Å². The molecule has 0 bridgehead atoms. The molecule has 0 spiro atoms. The lowest BCUT2D eigenvalue weighted by Crippen LogP contribution is -2.20. The number of unbranched alkanes of at least 4 members (excludes halogenated alkanes) is 1. The van der Waals surface area contributed by atoms with Crippen molar-refractivity contribution in [2.45, 2.75) is 40.2 Å². The van der Waals surface area contributed by atoms with Gasteiger partial charge >= 0.3 is 0 Å². The molecule has 0 aromatic carbocycles. The second kappa shape index (κ2) is 5.02. The number of hydrogen-bond donors (Lipinski definition) is 0. The summed E-state index contributed by atoms with van der Waals surface area (Å²) in [6, 6.07) is 0. The first-order valence-electron chi connectivity index (χ1n) is 6.05. The molecule has 0 saturated carbocycles. The van der Waals surface area contributed by atoms with Gasteiger partial charge in [-0.3, -0.25) is 14.2 Å². The van der Waals surface area contributed by atoms with E-state index >= 15 is 0 Å². The van der Waals surface area contributed by atoms with E-state index in [1.54, 1.807) is 10.9 Å². The molecule has 0 aliphatic rings. The molecular weight excluding hydrogens is 248 g/mol. The topological polar surface area (TPSA) is 52.0 Å². The first-order valence-corrected chi connectivity index (χ1v) is 6.87. The number of nitrogens with zero attached hydrogens (tertiary/aromatic N) is 2. The first kappa shape index (κ1) is 13.0. The summed E-state index contributed by atoms with van der Waals surface area (Å²) in [5.74, 6) is -0.00462. The molecule has 2 heterocycles. The number of aromatic nitrogens is 2. The maximum Gasteiger partial charge on any atom is 0.262 e. The van der Waals surface area contributed by atoms with E-state index < -0.39 is 0 Å². The van der Waals surface area contributed by atoms with Crippen LogP contribution in [-0.2, 0) is 6.54 Å². The summed E-state index contributed by atoms with van der Waals surface area (Å²) in [5, 5.41) is 0.601. The molecule has 0 radical (unpaired) electrons. The SMILES string of the molecule is CCCCn1cnc2sc(C(C)=O)c(C)c2c1=O. The van der Waals surface area contributed by atoms with Crippen LogP contribution in [0.5, 0.6) is 0 Å². The molecule has 18 heavy (non-hydrogen) atoms. The van der Waals surface area contributed by atoms with Gasteiger partial charge in [-0.15, -0.1) is 11.3 Å². The van der Waals surface area contributed by atoms with Gasteiger partial charge in [0.05, 0.1) is 16.6 Å². The Morgan fingerprint density at radius 3 is 2.83 bits per heavy atom. The summed E-state index contributed by atoms with van der Waals surface area (Å²) in [5.41, 5.74) is 0.737. The Labute approximate surface area is 109 Å². The summed E-state index contributed by atoms with van der Waals surface area (Å²) in [4.78, 5) is 29.4. The summed E-state index contributed by atoms with van der Waals surface area (Å²) in [6.45, 7) is 6.11. The molecule has 0 fully saturated rings. The van der Waals surface area contributed by atoms with E-state index in [4.69, 9.17) is 0 Å². The lowest BCUT2D eigenvalue weighted by molar-refractivity contribution is 0.102. The van der Waals surface area contributed by atoms with Crippen molar-refractivity contribution in [3.8, 4) is 0 Å². The van der Waals surface area contributed by atoms with Crippen LogP contribution in [0.4, 0.5) is 0 Å². The molecule has 2 aromatic heterocycles. The third-order valence-corrected chi connectivity index (χ3v) is 4.29. The normalized spacial score (nSPS) is 11.1. The van der Waals surface area contributed by atoms with E-state index in [1.165, 1.54) is 18.3 Å². The van der Waals surface area contributed by atoms with Gasteiger partial charge in [0.2, 0.25) is 0 Å². The van der Waals surface area contributed by atoms with Crippen molar-refractivity contribution in [2.75, 3.05) is 0 Å². The number of fused-ring (bicyclic) bond motifs is 1. The second-order valence-corrected chi connectivity index (χ2v) is 5.39. The molecule has 2 aromatic rings. The predicted molar refractivity (Wildman–Crippen MR) is 73.5 cm³/mol. The number of thiophene rings is 1. The largest absolute Gasteiger partial charge is 0.299 e. The minimum atomic E-state index is -0.0327. The number of carbonyl (C=O) groups is 1. The van der Waals surface area contributed by atoms with Crippen LogP contribution in [0, 0.1) is 6.92 Å². The van der Waals surface area contributed by atoms with E-state index in [-0.39, 0.29) is 11.3 Å². The van der Waals surface area contributed by atoms with E-state index in [2.05, 4.69) is 11.9 Å². The highest BCUT2D eigenvalue weighted by Gasteiger charge is 2.16. The Hall–Kier alpha value is -1.49. The van der Waals surface area contributed by atoms with Crippen LogP contribution in [0.25, 0.3) is 10.2 Å². The molecule has 0 amide bonds. The van der Waals surface area contributed by atoms with Crippen molar-refractivity contribution < 1.29 is 4.79 Å². The predicted octanol–water partition coefficient (Wildman–Crippen LogP) is 2.77. The molecule has 0 aliphatic carbocycles. The monoisotopic (exact) mass is 264 g/mol. The maximum absolute atomic E-state index is 12.3. The van der Waals surface area contributed by atoms with Crippen LogP contribution in [0.3, 0.4) is 0 Å². The minimum Gasteiger partial charge on any atom is -0.299 e. The van der Waals surface area contributed by atoms with Gasteiger partial charge < -0.3 is 0 Å². The average Bonchev–Trinajstić information content (AvgIpc) is 2.67. The zero-order valence-electron chi connectivity index (χ0n) is 10.8. The highest BCUT2D eigenvalue weighted by atomic mass is 32.1. The van der Waals surface area contributed by atoms with Gasteiger partial charge in [-0.25, -0.2) is 4.98 Å². The highest BCUT2D eigenvalue weighted by Crippen LogP contribution is 2.26. The van der Waals surface area contributed by atoms with Crippen LogP contribution < -0.4 is 5.56 Å². The van der Waals surface area contributed by atoms with Crippen LogP contribution in [0.15, 0.2) is 11.1 Å². The Bertz CT molecular complexity index is 655. The fraction of sp³-hybridized carbons (Fsp3) is 0.462. The van der Waals surface area contributed by atoms with Crippen LogP contribution in [0.1, 0.15) is 41.9 Å². The van der Waals surface area contributed by atoms with Gasteiger partial charge in [-0.05, 0) is 25.8 Å². The summed E-state index contributed by atoms with van der Waals surface area (Å²) < 4.78 is 1.63. The standard InChI is InChI=1S/C13H16N2O2S/c1-4-5-6-15-7-14-12-10(13(15)17)8(2)11(18-12)9(3)16/h7H,4-6H2,1-3H3. The van der Waals surface area contributed by atoms with E-state index in [0.29, 0.717) is 21.6 Å². The van der Waals surface area contributed by atoms with Crippen molar-refractivity contribution in [3.63, 3.8) is 0 Å². The number of carbonyl (C=O) groups excluding carboxylic acids is 1. The fourth-order valence-electron chi connectivity index (χ4n) is 1.98. The number of Topliss-reactive ketones (excluding diaryl/α,β-unsaturated/α-hetero) is 1. The third-order valence-electron chi connectivity index (χ3n) is 2.99. The molecule has 0 N–H and O–H groups in total. The Morgan fingerprint density at radius 2 is 2.22 bits per heavy atom. The van der Waals surface area contributed by atoms with Gasteiger partial charge in [0.15, 0.2) is 5.78 Å². The molecule has 0 atom stereocenters. The lowest BCUT2D eigenvalue weighted by Gasteiger charge is -2.03. The highest BCUT2D eigenvalue weighted by molar-refractivity contribution is 7.20. The molecule has 4 nitrogen and oxygen atoms in total. The van der Waals surface area contributed by atoms with Crippen molar-refractivity contribution in [1.29, 1.82) is 0 Å². The van der Waals surface area contributed by atoms with Crippen LogP contribution in [-0.4, -0.2) is 15.3 Å². The molecular formula is C13H16N2O2S. The Kier molecular flexibility index (Phi) is 3.61. The number of ketones is 1. The number of hydrogen-bond acceptors (Lipinski definition) is 4. The third kappa shape index (κ3) is 2.10. The van der Waals surface area contributed by atoms with Crippen molar-refractivity contribution in [2.24, 2.45) is 0 Å². The molecule has 5 heteroatoms. The van der Waals surface area contributed by atoms with Gasteiger partial charge in [0.1, 0.15) is 4.83 Å². The molecule has 0 aliphatic heterocycles. The average molecular weight is 264 g/mol. The summed E-state index contributed by atoms with van der Waals surface area (Å²) in [6.07, 6.45) is 3.57. The number of rotatable bonds is 4. The molecule has 0 unspecified atom stereocenters. The maximum atomic E-state index is 12.3.